The molecule has 2 aromatic rings. The number of anilines is 1. The van der Waals surface area contributed by atoms with Crippen LogP contribution < -0.4 is 10.2 Å². The summed E-state index contributed by atoms with van der Waals surface area (Å²) in [5, 5.41) is 3.58. The van der Waals surface area contributed by atoms with Crippen LogP contribution in [-0.4, -0.2) is 30.7 Å². The van der Waals surface area contributed by atoms with E-state index in [1.165, 1.54) is 19.3 Å². The van der Waals surface area contributed by atoms with Crippen LogP contribution in [-0.2, 0) is 0 Å². The van der Waals surface area contributed by atoms with E-state index in [0.717, 1.165) is 36.7 Å². The number of nitrogens with one attached hydrogen (secondary N) is 1. The quantitative estimate of drug-likeness (QED) is 0.914. The summed E-state index contributed by atoms with van der Waals surface area (Å²) in [5.74, 6) is 0.686. The number of rotatable bonds is 5. The Labute approximate surface area is 126 Å². The average Bonchev–Trinajstić information content (AvgIpc) is 2.91. The topological polar surface area (TPSA) is 41.3 Å². The summed E-state index contributed by atoms with van der Waals surface area (Å²) < 4.78 is 5.95. The molecule has 1 saturated heterocycles. The Bertz CT molecular complexity index is 545. The molecule has 0 spiro atoms. The number of para-hydroxylation sites is 2. The standard InChI is InChI=1S/C17H25N3O/c1-13(2)11-18-12-14-7-5-6-10-20(14)17-19-15-8-3-4-9-16(15)21-17/h3-4,8-9,13-14,18H,5-7,10-12H2,1-2H3. The third-order valence-corrected chi connectivity index (χ3v) is 4.09. The number of hydrogen-bond acceptors (Lipinski definition) is 4. The highest BCUT2D eigenvalue weighted by molar-refractivity contribution is 5.74. The molecule has 0 amide bonds. The lowest BCUT2D eigenvalue weighted by atomic mass is 10.0. The van der Waals surface area contributed by atoms with Crippen molar-refractivity contribution in [1.82, 2.24) is 10.3 Å². The lowest BCUT2D eigenvalue weighted by molar-refractivity contribution is 0.398. The Balaban J connectivity index is 1.73. The second-order valence-electron chi connectivity index (χ2n) is 6.36. The van der Waals surface area contributed by atoms with E-state index in [1.54, 1.807) is 0 Å². The molecule has 0 aliphatic carbocycles. The van der Waals surface area contributed by atoms with Crippen LogP contribution in [0, 0.1) is 5.92 Å². The third kappa shape index (κ3) is 3.38. The monoisotopic (exact) mass is 287 g/mol. The normalized spacial score (nSPS) is 19.6. The van der Waals surface area contributed by atoms with Crippen LogP contribution in [0.15, 0.2) is 28.7 Å². The van der Waals surface area contributed by atoms with Crippen molar-refractivity contribution >= 4 is 17.1 Å². The summed E-state index contributed by atoms with van der Waals surface area (Å²) in [7, 11) is 0. The zero-order valence-corrected chi connectivity index (χ0v) is 13.0. The van der Waals surface area contributed by atoms with E-state index in [1.807, 2.05) is 24.3 Å². The molecule has 0 saturated carbocycles. The summed E-state index contributed by atoms with van der Waals surface area (Å²) in [5.41, 5.74) is 1.83. The Morgan fingerprint density at radius 1 is 1.33 bits per heavy atom. The van der Waals surface area contributed by atoms with Crippen molar-refractivity contribution in [3.8, 4) is 0 Å². The number of oxazole rings is 1. The Morgan fingerprint density at radius 3 is 3.00 bits per heavy atom. The van der Waals surface area contributed by atoms with E-state index in [0.29, 0.717) is 12.0 Å². The highest BCUT2D eigenvalue weighted by Gasteiger charge is 2.26. The molecule has 0 radical (unpaired) electrons. The van der Waals surface area contributed by atoms with Gasteiger partial charge in [-0.05, 0) is 43.9 Å². The molecular formula is C17H25N3O. The van der Waals surface area contributed by atoms with E-state index >= 15 is 0 Å². The maximum Gasteiger partial charge on any atom is 0.298 e. The molecule has 114 valence electrons. The van der Waals surface area contributed by atoms with Gasteiger partial charge in [0.15, 0.2) is 5.58 Å². The van der Waals surface area contributed by atoms with E-state index in [4.69, 9.17) is 4.42 Å². The maximum atomic E-state index is 5.95. The van der Waals surface area contributed by atoms with Gasteiger partial charge >= 0.3 is 0 Å². The predicted molar refractivity (Wildman–Crippen MR) is 86.7 cm³/mol. The van der Waals surface area contributed by atoms with Crippen LogP contribution in [0.5, 0.6) is 0 Å². The van der Waals surface area contributed by atoms with Crippen molar-refractivity contribution in [2.75, 3.05) is 24.5 Å². The molecule has 1 atom stereocenters. The van der Waals surface area contributed by atoms with Gasteiger partial charge in [0.2, 0.25) is 0 Å². The number of fused-ring (bicyclic) bond motifs is 1. The van der Waals surface area contributed by atoms with Crippen molar-refractivity contribution in [2.45, 2.75) is 39.2 Å². The maximum absolute atomic E-state index is 5.95. The largest absolute Gasteiger partial charge is 0.423 e. The van der Waals surface area contributed by atoms with Gasteiger partial charge in [0, 0.05) is 19.1 Å². The molecule has 1 aliphatic rings. The lowest BCUT2D eigenvalue weighted by Gasteiger charge is -2.34. The first kappa shape index (κ1) is 14.4. The Kier molecular flexibility index (Phi) is 4.44. The zero-order chi connectivity index (χ0) is 14.7. The van der Waals surface area contributed by atoms with Gasteiger partial charge < -0.3 is 14.6 Å². The van der Waals surface area contributed by atoms with Crippen LogP contribution in [0.2, 0.25) is 0 Å². The summed E-state index contributed by atoms with van der Waals surface area (Å²) >= 11 is 0. The summed E-state index contributed by atoms with van der Waals surface area (Å²) in [6.45, 7) is 7.61. The summed E-state index contributed by atoms with van der Waals surface area (Å²) in [6.07, 6.45) is 3.73. The fraction of sp³-hybridized carbons (Fsp3) is 0.588. The number of nitrogens with zero attached hydrogens (tertiary/aromatic N) is 2. The van der Waals surface area contributed by atoms with Crippen LogP contribution in [0.4, 0.5) is 6.01 Å². The second kappa shape index (κ2) is 6.48. The lowest BCUT2D eigenvalue weighted by Crippen LogP contribution is -2.46. The van der Waals surface area contributed by atoms with Crippen LogP contribution in [0.25, 0.3) is 11.1 Å². The number of piperidine rings is 1. The van der Waals surface area contributed by atoms with E-state index in [-0.39, 0.29) is 0 Å². The molecule has 0 bridgehead atoms. The SMILES string of the molecule is CC(C)CNCC1CCCCN1c1nc2ccccc2o1. The number of hydrogen-bond donors (Lipinski definition) is 1. The summed E-state index contributed by atoms with van der Waals surface area (Å²) in [6, 6.07) is 9.28. The van der Waals surface area contributed by atoms with Gasteiger partial charge in [-0.3, -0.25) is 0 Å². The molecule has 4 heteroatoms. The molecule has 21 heavy (non-hydrogen) atoms. The number of benzene rings is 1. The van der Waals surface area contributed by atoms with E-state index < -0.39 is 0 Å². The minimum Gasteiger partial charge on any atom is -0.423 e. The average molecular weight is 287 g/mol. The minimum atomic E-state index is 0.491. The molecule has 1 aliphatic heterocycles. The Hall–Kier alpha value is -1.55. The molecule has 4 nitrogen and oxygen atoms in total. The van der Waals surface area contributed by atoms with Crippen molar-refractivity contribution in [2.24, 2.45) is 5.92 Å². The van der Waals surface area contributed by atoms with Crippen molar-refractivity contribution < 1.29 is 4.42 Å². The first-order valence-electron chi connectivity index (χ1n) is 8.07. The smallest absolute Gasteiger partial charge is 0.298 e. The number of aromatic nitrogens is 1. The first-order chi connectivity index (χ1) is 10.2. The third-order valence-electron chi connectivity index (χ3n) is 4.09. The van der Waals surface area contributed by atoms with Crippen LogP contribution in [0.1, 0.15) is 33.1 Å². The van der Waals surface area contributed by atoms with E-state index in [2.05, 4.69) is 29.0 Å². The fourth-order valence-corrected chi connectivity index (χ4v) is 2.99. The Morgan fingerprint density at radius 2 is 2.19 bits per heavy atom. The molecule has 1 aromatic carbocycles. The van der Waals surface area contributed by atoms with Crippen molar-refractivity contribution in [3.63, 3.8) is 0 Å². The van der Waals surface area contributed by atoms with Gasteiger partial charge in [-0.15, -0.1) is 0 Å². The molecule has 1 aromatic heterocycles. The molecule has 1 N–H and O–H groups in total. The van der Waals surface area contributed by atoms with Crippen LogP contribution >= 0.6 is 0 Å². The zero-order valence-electron chi connectivity index (χ0n) is 13.0. The predicted octanol–water partition coefficient (Wildman–Crippen LogP) is 3.43. The van der Waals surface area contributed by atoms with Gasteiger partial charge in [-0.2, -0.15) is 4.98 Å². The van der Waals surface area contributed by atoms with Crippen molar-refractivity contribution in [1.29, 1.82) is 0 Å². The highest BCUT2D eigenvalue weighted by Crippen LogP contribution is 2.27. The highest BCUT2D eigenvalue weighted by atomic mass is 16.4. The molecule has 3 rings (SSSR count). The first-order valence-corrected chi connectivity index (χ1v) is 8.07. The van der Waals surface area contributed by atoms with Crippen LogP contribution in [0.3, 0.4) is 0 Å². The van der Waals surface area contributed by atoms with E-state index in [9.17, 15) is 0 Å². The second-order valence-corrected chi connectivity index (χ2v) is 6.36. The van der Waals surface area contributed by atoms with Gasteiger partial charge in [-0.1, -0.05) is 26.0 Å². The molecule has 2 heterocycles. The minimum absolute atomic E-state index is 0.491. The van der Waals surface area contributed by atoms with Gasteiger partial charge in [0.25, 0.3) is 6.01 Å². The molecule has 1 fully saturated rings. The van der Waals surface area contributed by atoms with Crippen molar-refractivity contribution in [3.05, 3.63) is 24.3 Å². The molecule has 1 unspecified atom stereocenters. The van der Waals surface area contributed by atoms with Gasteiger partial charge in [0.05, 0.1) is 0 Å². The summed E-state index contributed by atoms with van der Waals surface area (Å²) in [4.78, 5) is 7.01. The molecular weight excluding hydrogens is 262 g/mol. The van der Waals surface area contributed by atoms with Gasteiger partial charge in [-0.25, -0.2) is 0 Å². The fourth-order valence-electron chi connectivity index (χ4n) is 2.99. The van der Waals surface area contributed by atoms with Gasteiger partial charge in [0.1, 0.15) is 5.52 Å².